The molecule has 0 fully saturated rings. The molecule has 0 rings (SSSR count). The molecule has 0 unspecified atom stereocenters. The van der Waals surface area contributed by atoms with Gasteiger partial charge in [0.05, 0.1) is 11.9 Å². The Morgan fingerprint density at radius 2 is 1.71 bits per heavy atom. The Morgan fingerprint density at radius 1 is 1.57 bits per heavy atom. The number of rotatable bonds is 0. The summed E-state index contributed by atoms with van der Waals surface area (Å²) >= 11 is 9.53. The Kier molecular flexibility index (Phi) is 24.0. The van der Waals surface area contributed by atoms with Crippen molar-refractivity contribution in [1.82, 2.24) is 0 Å². The minimum atomic E-state index is 0.194. The minimum Gasteiger partial charge on any atom is -0.320 e. The fourth-order valence-electron chi connectivity index (χ4n) is 0. The maximum atomic E-state index is 4.79. The van der Waals surface area contributed by atoms with Gasteiger partial charge in [0.15, 0.2) is 0 Å². The van der Waals surface area contributed by atoms with Crippen LogP contribution in [-0.2, 0) is 0 Å². The van der Waals surface area contributed by atoms with E-state index in [9.17, 15) is 0 Å². The Labute approximate surface area is 53.8 Å². The molecule has 0 bridgehead atoms. The van der Waals surface area contributed by atoms with Gasteiger partial charge < -0.3 is 5.73 Å². The zero-order valence-electron chi connectivity index (χ0n) is 3.82. The van der Waals surface area contributed by atoms with Gasteiger partial charge in [0.1, 0.15) is 0 Å². The predicted octanol–water partition coefficient (Wildman–Crippen LogP) is 1.000. The second-order valence-electron chi connectivity index (χ2n) is 0.509. The predicted molar refractivity (Wildman–Crippen MR) is 34.5 cm³/mol. The standard InChI is InChI=1S/C3H5N.CH2Cl2/c1-2-3-4;2-1-3/h1H,3-4H2;1H2. The molecule has 0 spiro atoms. The number of hydrogen-bond acceptors (Lipinski definition) is 1. The normalized spacial score (nSPS) is 5.43. The van der Waals surface area contributed by atoms with Crippen molar-refractivity contribution < 1.29 is 0 Å². The van der Waals surface area contributed by atoms with E-state index in [4.69, 9.17) is 28.9 Å². The molecular weight excluding hydrogens is 133 g/mol. The van der Waals surface area contributed by atoms with Crippen LogP contribution in [0.1, 0.15) is 0 Å². The third-order valence-electron chi connectivity index (χ3n) is 0.118. The van der Waals surface area contributed by atoms with E-state index in [2.05, 4.69) is 12.3 Å². The Bertz CT molecular complexity index is 48.1. The molecule has 7 heavy (non-hydrogen) atoms. The van der Waals surface area contributed by atoms with Crippen LogP contribution in [0.15, 0.2) is 0 Å². The first-order valence-electron chi connectivity index (χ1n) is 1.58. The summed E-state index contributed by atoms with van der Waals surface area (Å²) < 4.78 is 0. The Morgan fingerprint density at radius 3 is 1.71 bits per heavy atom. The highest BCUT2D eigenvalue weighted by Gasteiger charge is 1.42. The first-order valence-corrected chi connectivity index (χ1v) is 2.65. The van der Waals surface area contributed by atoms with Gasteiger partial charge in [0.25, 0.3) is 0 Å². The fourth-order valence-corrected chi connectivity index (χ4v) is 0. The molecule has 0 aliphatic carbocycles. The minimum absolute atomic E-state index is 0.194. The topological polar surface area (TPSA) is 26.0 Å². The number of halogens is 2. The fraction of sp³-hybridized carbons (Fsp3) is 0.500. The molecule has 0 aromatic carbocycles. The van der Waals surface area contributed by atoms with Crippen molar-refractivity contribution in [3.05, 3.63) is 0 Å². The molecule has 1 nitrogen and oxygen atoms in total. The average Bonchev–Trinajstić information content (AvgIpc) is 1.69. The largest absolute Gasteiger partial charge is 0.320 e. The molecule has 0 aromatic heterocycles. The van der Waals surface area contributed by atoms with Gasteiger partial charge in [-0.25, -0.2) is 0 Å². The van der Waals surface area contributed by atoms with Crippen molar-refractivity contribution in [2.45, 2.75) is 0 Å². The van der Waals surface area contributed by atoms with Gasteiger partial charge in [0.2, 0.25) is 0 Å². The van der Waals surface area contributed by atoms with Crippen LogP contribution in [0.2, 0.25) is 0 Å². The summed E-state index contributed by atoms with van der Waals surface area (Å²) in [6, 6.07) is 0. The van der Waals surface area contributed by atoms with E-state index in [0.29, 0.717) is 6.54 Å². The third-order valence-corrected chi connectivity index (χ3v) is 0.118. The van der Waals surface area contributed by atoms with Crippen LogP contribution < -0.4 is 5.73 Å². The van der Waals surface area contributed by atoms with Crippen molar-refractivity contribution >= 4 is 23.2 Å². The van der Waals surface area contributed by atoms with E-state index < -0.39 is 0 Å². The van der Waals surface area contributed by atoms with E-state index in [1.807, 2.05) is 0 Å². The molecule has 0 heterocycles. The van der Waals surface area contributed by atoms with Gasteiger partial charge in [-0.1, -0.05) is 5.92 Å². The first kappa shape index (κ1) is 10.2. The summed E-state index contributed by atoms with van der Waals surface area (Å²) in [5, 5.41) is 0.194. The van der Waals surface area contributed by atoms with Crippen LogP contribution in [0.4, 0.5) is 0 Å². The summed E-state index contributed by atoms with van der Waals surface area (Å²) in [5.41, 5.74) is 4.79. The number of hydrogen-bond donors (Lipinski definition) is 1. The number of alkyl halides is 2. The quantitative estimate of drug-likeness (QED) is 0.394. The molecule has 3 heteroatoms. The molecule has 0 radical (unpaired) electrons. The first-order chi connectivity index (χ1) is 3.33. The summed E-state index contributed by atoms with van der Waals surface area (Å²) in [6.45, 7) is 0.347. The summed E-state index contributed by atoms with van der Waals surface area (Å²) in [4.78, 5) is 0. The van der Waals surface area contributed by atoms with Gasteiger partial charge in [-0.2, -0.15) is 0 Å². The smallest absolute Gasteiger partial charge is 0.0967 e. The van der Waals surface area contributed by atoms with Crippen LogP contribution in [0, 0.1) is 12.3 Å². The SMILES string of the molecule is C#CCN.ClCCl. The lowest BCUT2D eigenvalue weighted by Gasteiger charge is -1.56. The van der Waals surface area contributed by atoms with Crippen LogP contribution in [0.5, 0.6) is 0 Å². The summed E-state index contributed by atoms with van der Waals surface area (Å²) in [7, 11) is 0. The molecular formula is C4H7Cl2N. The maximum Gasteiger partial charge on any atom is 0.0967 e. The monoisotopic (exact) mass is 139 g/mol. The van der Waals surface area contributed by atoms with E-state index in [0.717, 1.165) is 0 Å². The molecule has 0 atom stereocenters. The molecule has 0 aliphatic rings. The maximum absolute atomic E-state index is 4.79. The van der Waals surface area contributed by atoms with Crippen molar-refractivity contribution in [3.8, 4) is 12.3 Å². The van der Waals surface area contributed by atoms with Crippen LogP contribution in [0.3, 0.4) is 0 Å². The van der Waals surface area contributed by atoms with E-state index in [-0.39, 0.29) is 5.34 Å². The lowest BCUT2D eigenvalue weighted by Crippen LogP contribution is -1.91. The summed E-state index contributed by atoms with van der Waals surface area (Å²) in [6.07, 6.45) is 4.65. The van der Waals surface area contributed by atoms with Gasteiger partial charge in [-0.05, 0) is 0 Å². The molecule has 2 N–H and O–H groups in total. The van der Waals surface area contributed by atoms with Crippen LogP contribution >= 0.6 is 23.2 Å². The van der Waals surface area contributed by atoms with E-state index >= 15 is 0 Å². The zero-order chi connectivity index (χ0) is 6.12. The van der Waals surface area contributed by atoms with E-state index in [1.165, 1.54) is 0 Å². The highest BCUT2D eigenvalue weighted by molar-refractivity contribution is 6.40. The van der Waals surface area contributed by atoms with E-state index in [1.54, 1.807) is 0 Å². The number of terminal acetylenes is 1. The highest BCUT2D eigenvalue weighted by Crippen LogP contribution is 1.73. The van der Waals surface area contributed by atoms with Gasteiger partial charge in [0, 0.05) is 0 Å². The highest BCUT2D eigenvalue weighted by atomic mass is 35.5. The van der Waals surface area contributed by atoms with Crippen molar-refractivity contribution in [2.75, 3.05) is 11.9 Å². The van der Waals surface area contributed by atoms with Crippen LogP contribution in [0.25, 0.3) is 0 Å². The van der Waals surface area contributed by atoms with Crippen molar-refractivity contribution in [2.24, 2.45) is 5.73 Å². The molecule has 0 amide bonds. The Hall–Kier alpha value is 0.100. The average molecular weight is 140 g/mol. The molecule has 0 saturated carbocycles. The van der Waals surface area contributed by atoms with Gasteiger partial charge in [-0.15, -0.1) is 29.6 Å². The Balaban J connectivity index is 0. The summed E-state index contributed by atoms with van der Waals surface area (Å²) in [5.74, 6) is 2.21. The van der Waals surface area contributed by atoms with Crippen molar-refractivity contribution in [3.63, 3.8) is 0 Å². The van der Waals surface area contributed by atoms with Gasteiger partial charge >= 0.3 is 0 Å². The lowest BCUT2D eigenvalue weighted by atomic mass is 10.7. The third kappa shape index (κ3) is 84.7. The second-order valence-corrected chi connectivity index (χ2v) is 1.32. The molecule has 0 saturated heterocycles. The molecule has 42 valence electrons. The lowest BCUT2D eigenvalue weighted by molar-refractivity contribution is 1.30. The zero-order valence-corrected chi connectivity index (χ0v) is 5.34. The molecule has 0 aliphatic heterocycles. The second kappa shape index (κ2) is 16.5. The van der Waals surface area contributed by atoms with Crippen molar-refractivity contribution in [1.29, 1.82) is 0 Å². The van der Waals surface area contributed by atoms with Gasteiger partial charge in [-0.3, -0.25) is 0 Å². The van der Waals surface area contributed by atoms with Crippen LogP contribution in [-0.4, -0.2) is 11.9 Å². The number of nitrogens with two attached hydrogens (primary N) is 1. The molecule has 0 aromatic rings.